The van der Waals surface area contributed by atoms with Crippen molar-refractivity contribution in [2.75, 3.05) is 17.3 Å². The fourth-order valence-electron chi connectivity index (χ4n) is 2.56. The summed E-state index contributed by atoms with van der Waals surface area (Å²) >= 11 is 0. The molecule has 0 fully saturated rings. The van der Waals surface area contributed by atoms with Gasteiger partial charge in [0.1, 0.15) is 5.82 Å². The molecule has 0 saturated carbocycles. The lowest BCUT2D eigenvalue weighted by molar-refractivity contribution is -0.117. The molecule has 0 radical (unpaired) electrons. The SMILES string of the molecule is CN1C(=O)Cc2cc(CC(=O)Nc3ccc(F)cc3)ccc21. The number of halogens is 1. The topological polar surface area (TPSA) is 49.4 Å². The molecule has 5 heteroatoms. The van der Waals surface area contributed by atoms with Gasteiger partial charge in [0, 0.05) is 18.4 Å². The number of benzene rings is 2. The second-order valence-corrected chi connectivity index (χ2v) is 5.32. The minimum absolute atomic E-state index is 0.0583. The van der Waals surface area contributed by atoms with E-state index in [4.69, 9.17) is 0 Å². The summed E-state index contributed by atoms with van der Waals surface area (Å²) in [7, 11) is 1.75. The molecule has 2 aromatic rings. The van der Waals surface area contributed by atoms with E-state index in [9.17, 15) is 14.0 Å². The summed E-state index contributed by atoms with van der Waals surface area (Å²) in [6, 6.07) is 11.2. The van der Waals surface area contributed by atoms with E-state index >= 15 is 0 Å². The van der Waals surface area contributed by atoms with Gasteiger partial charge in [0.2, 0.25) is 11.8 Å². The van der Waals surface area contributed by atoms with Crippen molar-refractivity contribution >= 4 is 23.2 Å². The minimum Gasteiger partial charge on any atom is -0.326 e. The van der Waals surface area contributed by atoms with Crippen LogP contribution in [0.5, 0.6) is 0 Å². The van der Waals surface area contributed by atoms with Gasteiger partial charge in [0.05, 0.1) is 12.8 Å². The number of anilines is 2. The molecule has 0 atom stereocenters. The molecular formula is C17H15FN2O2. The predicted molar refractivity (Wildman–Crippen MR) is 82.3 cm³/mol. The van der Waals surface area contributed by atoms with Crippen molar-refractivity contribution in [3.05, 3.63) is 59.4 Å². The van der Waals surface area contributed by atoms with E-state index in [1.807, 2.05) is 18.2 Å². The zero-order valence-corrected chi connectivity index (χ0v) is 12.1. The van der Waals surface area contributed by atoms with Crippen LogP contribution in [0.2, 0.25) is 0 Å². The van der Waals surface area contributed by atoms with Gasteiger partial charge >= 0.3 is 0 Å². The summed E-state index contributed by atoms with van der Waals surface area (Å²) in [6.07, 6.45) is 0.585. The van der Waals surface area contributed by atoms with E-state index < -0.39 is 0 Å². The lowest BCUT2D eigenvalue weighted by Crippen LogP contribution is -2.20. The third-order valence-corrected chi connectivity index (χ3v) is 3.71. The number of nitrogens with zero attached hydrogens (tertiary/aromatic N) is 1. The van der Waals surface area contributed by atoms with Crippen molar-refractivity contribution in [3.8, 4) is 0 Å². The quantitative estimate of drug-likeness (QED) is 0.946. The zero-order chi connectivity index (χ0) is 15.7. The maximum Gasteiger partial charge on any atom is 0.231 e. The Balaban J connectivity index is 1.69. The second kappa shape index (κ2) is 5.60. The van der Waals surface area contributed by atoms with Gasteiger partial charge in [-0.25, -0.2) is 4.39 Å². The van der Waals surface area contributed by atoms with Gasteiger partial charge in [0.25, 0.3) is 0 Å². The predicted octanol–water partition coefficient (Wildman–Crippen LogP) is 2.53. The number of amides is 2. The van der Waals surface area contributed by atoms with Crippen LogP contribution in [0.1, 0.15) is 11.1 Å². The molecule has 2 amide bonds. The van der Waals surface area contributed by atoms with Gasteiger partial charge in [-0.15, -0.1) is 0 Å². The number of likely N-dealkylation sites (N-methyl/N-ethyl adjacent to an activating group) is 1. The van der Waals surface area contributed by atoms with Crippen molar-refractivity contribution in [2.45, 2.75) is 12.8 Å². The van der Waals surface area contributed by atoms with Crippen LogP contribution in [-0.4, -0.2) is 18.9 Å². The molecule has 0 unspecified atom stereocenters. The first-order valence-corrected chi connectivity index (χ1v) is 6.97. The molecule has 0 saturated heterocycles. The standard InChI is InChI=1S/C17H15FN2O2/c1-20-15-7-2-11(8-12(15)10-17(20)22)9-16(21)19-14-5-3-13(18)4-6-14/h2-8H,9-10H2,1H3,(H,19,21). The van der Waals surface area contributed by atoms with Crippen LogP contribution in [0.4, 0.5) is 15.8 Å². The highest BCUT2D eigenvalue weighted by molar-refractivity contribution is 6.01. The molecule has 2 aromatic carbocycles. The van der Waals surface area contributed by atoms with E-state index in [1.165, 1.54) is 24.3 Å². The van der Waals surface area contributed by atoms with Gasteiger partial charge in [-0.3, -0.25) is 9.59 Å². The molecule has 1 N–H and O–H groups in total. The molecule has 0 spiro atoms. The molecular weight excluding hydrogens is 283 g/mol. The van der Waals surface area contributed by atoms with Crippen molar-refractivity contribution < 1.29 is 14.0 Å². The van der Waals surface area contributed by atoms with Gasteiger partial charge in [-0.2, -0.15) is 0 Å². The minimum atomic E-state index is -0.342. The number of fused-ring (bicyclic) bond motifs is 1. The Morgan fingerprint density at radius 3 is 2.68 bits per heavy atom. The molecule has 1 heterocycles. The fraction of sp³-hybridized carbons (Fsp3) is 0.176. The average Bonchev–Trinajstić information content (AvgIpc) is 2.76. The Kier molecular flexibility index (Phi) is 3.63. The van der Waals surface area contributed by atoms with Gasteiger partial charge in [-0.1, -0.05) is 12.1 Å². The van der Waals surface area contributed by atoms with Crippen LogP contribution in [0.3, 0.4) is 0 Å². The summed E-state index contributed by atoms with van der Waals surface area (Å²) in [4.78, 5) is 25.3. The van der Waals surface area contributed by atoms with Crippen LogP contribution in [0.15, 0.2) is 42.5 Å². The van der Waals surface area contributed by atoms with Crippen molar-refractivity contribution in [3.63, 3.8) is 0 Å². The Morgan fingerprint density at radius 2 is 1.95 bits per heavy atom. The van der Waals surface area contributed by atoms with Crippen molar-refractivity contribution in [1.82, 2.24) is 0 Å². The van der Waals surface area contributed by atoms with E-state index in [-0.39, 0.29) is 24.1 Å². The normalized spacial score (nSPS) is 13.2. The highest BCUT2D eigenvalue weighted by atomic mass is 19.1. The molecule has 0 aromatic heterocycles. The van der Waals surface area contributed by atoms with Crippen LogP contribution in [-0.2, 0) is 22.4 Å². The summed E-state index contributed by atoms with van der Waals surface area (Å²) in [5.41, 5.74) is 3.25. The fourth-order valence-corrected chi connectivity index (χ4v) is 2.56. The Morgan fingerprint density at radius 1 is 1.23 bits per heavy atom. The molecule has 4 nitrogen and oxygen atoms in total. The van der Waals surface area contributed by atoms with Crippen molar-refractivity contribution in [1.29, 1.82) is 0 Å². The molecule has 22 heavy (non-hydrogen) atoms. The van der Waals surface area contributed by atoms with Crippen molar-refractivity contribution in [2.24, 2.45) is 0 Å². The number of carbonyl (C=O) groups excluding carboxylic acids is 2. The van der Waals surface area contributed by atoms with Crippen LogP contribution < -0.4 is 10.2 Å². The summed E-state index contributed by atoms with van der Waals surface area (Å²) in [6.45, 7) is 0. The maximum atomic E-state index is 12.8. The summed E-state index contributed by atoms with van der Waals surface area (Å²) in [5.74, 6) is -0.461. The zero-order valence-electron chi connectivity index (χ0n) is 12.1. The molecule has 112 valence electrons. The van der Waals surface area contributed by atoms with Gasteiger partial charge in [0.15, 0.2) is 0 Å². The Bertz CT molecular complexity index is 741. The first kappa shape index (κ1) is 14.3. The third kappa shape index (κ3) is 2.83. The van der Waals surface area contributed by atoms with Gasteiger partial charge in [-0.05, 0) is 41.5 Å². The number of hydrogen-bond acceptors (Lipinski definition) is 2. The highest BCUT2D eigenvalue weighted by Gasteiger charge is 2.23. The Hall–Kier alpha value is -2.69. The number of carbonyl (C=O) groups is 2. The summed E-state index contributed by atoms with van der Waals surface area (Å²) in [5, 5.41) is 2.72. The third-order valence-electron chi connectivity index (χ3n) is 3.71. The number of rotatable bonds is 3. The van der Waals surface area contributed by atoms with E-state index in [1.54, 1.807) is 11.9 Å². The average molecular weight is 298 g/mol. The van der Waals surface area contributed by atoms with E-state index in [0.717, 1.165) is 16.8 Å². The largest absolute Gasteiger partial charge is 0.326 e. The molecule has 1 aliphatic heterocycles. The second-order valence-electron chi connectivity index (χ2n) is 5.32. The summed E-state index contributed by atoms with van der Waals surface area (Å²) < 4.78 is 12.8. The number of hydrogen-bond donors (Lipinski definition) is 1. The maximum absolute atomic E-state index is 12.8. The number of nitrogens with one attached hydrogen (secondary N) is 1. The smallest absolute Gasteiger partial charge is 0.231 e. The monoisotopic (exact) mass is 298 g/mol. The molecule has 1 aliphatic rings. The lowest BCUT2D eigenvalue weighted by Gasteiger charge is -2.10. The van der Waals surface area contributed by atoms with Crippen LogP contribution in [0.25, 0.3) is 0 Å². The lowest BCUT2D eigenvalue weighted by atomic mass is 10.1. The Labute approximate surface area is 127 Å². The van der Waals surface area contributed by atoms with Crippen LogP contribution in [0, 0.1) is 5.82 Å². The van der Waals surface area contributed by atoms with E-state index in [0.29, 0.717) is 12.1 Å². The van der Waals surface area contributed by atoms with Gasteiger partial charge < -0.3 is 10.2 Å². The first-order valence-electron chi connectivity index (χ1n) is 6.97. The van der Waals surface area contributed by atoms with Crippen LogP contribution >= 0.6 is 0 Å². The molecule has 3 rings (SSSR count). The molecule has 0 aliphatic carbocycles. The molecule has 0 bridgehead atoms. The van der Waals surface area contributed by atoms with E-state index in [2.05, 4.69) is 5.32 Å². The highest BCUT2D eigenvalue weighted by Crippen LogP contribution is 2.28. The first-order chi connectivity index (χ1) is 10.5.